The molecule has 0 radical (unpaired) electrons. The first-order valence-electron chi connectivity index (χ1n) is 11.2. The SMILES string of the molecule is COc1cccc(CN2CCCC(c3cc(C(=O)NC4CCC(C)CC4)on3)C2)c1. The maximum Gasteiger partial charge on any atom is 0.290 e. The van der Waals surface area contributed by atoms with Crippen molar-refractivity contribution in [3.63, 3.8) is 0 Å². The summed E-state index contributed by atoms with van der Waals surface area (Å²) in [4.78, 5) is 15.0. The summed E-state index contributed by atoms with van der Waals surface area (Å²) in [6.45, 7) is 5.16. The molecule has 4 rings (SSSR count). The van der Waals surface area contributed by atoms with Gasteiger partial charge in [0.2, 0.25) is 5.76 Å². The number of piperidine rings is 1. The van der Waals surface area contributed by atoms with Gasteiger partial charge in [-0.25, -0.2) is 0 Å². The molecule has 6 heteroatoms. The summed E-state index contributed by atoms with van der Waals surface area (Å²) in [6.07, 6.45) is 6.65. The number of rotatable bonds is 6. The average Bonchev–Trinajstić information content (AvgIpc) is 3.26. The number of ether oxygens (including phenoxy) is 1. The Morgan fingerprint density at radius 1 is 1.23 bits per heavy atom. The third-order valence-corrected chi connectivity index (χ3v) is 6.57. The van der Waals surface area contributed by atoms with Gasteiger partial charge in [0.1, 0.15) is 5.75 Å². The fourth-order valence-corrected chi connectivity index (χ4v) is 4.72. The number of aromatic nitrogens is 1. The first-order valence-corrected chi connectivity index (χ1v) is 11.2. The quantitative estimate of drug-likeness (QED) is 0.764. The van der Waals surface area contributed by atoms with Crippen molar-refractivity contribution in [2.45, 2.75) is 64.0 Å². The first-order chi connectivity index (χ1) is 14.6. The minimum atomic E-state index is -0.127. The van der Waals surface area contributed by atoms with Gasteiger partial charge in [-0.05, 0) is 68.7 Å². The van der Waals surface area contributed by atoms with Gasteiger partial charge in [-0.3, -0.25) is 9.69 Å². The molecule has 1 saturated heterocycles. The predicted molar refractivity (Wildman–Crippen MR) is 116 cm³/mol. The van der Waals surface area contributed by atoms with Crippen molar-refractivity contribution in [3.05, 3.63) is 47.3 Å². The lowest BCUT2D eigenvalue weighted by molar-refractivity contribution is 0.0885. The van der Waals surface area contributed by atoms with E-state index in [9.17, 15) is 4.79 Å². The van der Waals surface area contributed by atoms with Gasteiger partial charge in [0, 0.05) is 31.1 Å². The molecule has 2 aromatic rings. The lowest BCUT2D eigenvalue weighted by Crippen LogP contribution is -2.37. The monoisotopic (exact) mass is 411 g/mol. The number of nitrogens with one attached hydrogen (secondary N) is 1. The number of carbonyl (C=O) groups excluding carboxylic acids is 1. The molecule has 1 aliphatic heterocycles. The highest BCUT2D eigenvalue weighted by Gasteiger charge is 2.27. The highest BCUT2D eigenvalue weighted by Crippen LogP contribution is 2.28. The van der Waals surface area contributed by atoms with Gasteiger partial charge in [-0.1, -0.05) is 24.2 Å². The van der Waals surface area contributed by atoms with Crippen LogP contribution in [0.3, 0.4) is 0 Å². The van der Waals surface area contributed by atoms with E-state index >= 15 is 0 Å². The second-order valence-corrected chi connectivity index (χ2v) is 8.97. The first kappa shape index (κ1) is 20.9. The van der Waals surface area contributed by atoms with Gasteiger partial charge in [-0.15, -0.1) is 0 Å². The number of benzene rings is 1. The van der Waals surface area contributed by atoms with E-state index in [-0.39, 0.29) is 11.9 Å². The van der Waals surface area contributed by atoms with Crippen LogP contribution in [0.25, 0.3) is 0 Å². The number of nitrogens with zero attached hydrogens (tertiary/aromatic N) is 2. The van der Waals surface area contributed by atoms with Crippen molar-refractivity contribution < 1.29 is 14.1 Å². The number of hydrogen-bond acceptors (Lipinski definition) is 5. The lowest BCUT2D eigenvalue weighted by Gasteiger charge is -2.31. The Morgan fingerprint density at radius 3 is 2.87 bits per heavy atom. The van der Waals surface area contributed by atoms with Crippen LogP contribution in [-0.4, -0.2) is 42.2 Å². The number of hydrogen-bond donors (Lipinski definition) is 1. The normalized spacial score (nSPS) is 25.1. The topological polar surface area (TPSA) is 67.6 Å². The molecule has 0 bridgehead atoms. The van der Waals surface area contributed by atoms with Crippen LogP contribution in [0, 0.1) is 5.92 Å². The van der Waals surface area contributed by atoms with E-state index in [1.807, 2.05) is 18.2 Å². The summed E-state index contributed by atoms with van der Waals surface area (Å²) in [6, 6.07) is 10.3. The molecule has 1 aromatic carbocycles. The van der Waals surface area contributed by atoms with Crippen LogP contribution < -0.4 is 10.1 Å². The molecule has 162 valence electrons. The van der Waals surface area contributed by atoms with Crippen LogP contribution in [-0.2, 0) is 6.54 Å². The average molecular weight is 412 g/mol. The minimum Gasteiger partial charge on any atom is -0.497 e. The molecule has 2 aliphatic rings. The number of likely N-dealkylation sites (tertiary alicyclic amines) is 1. The second kappa shape index (κ2) is 9.65. The summed E-state index contributed by atoms with van der Waals surface area (Å²) in [5.41, 5.74) is 2.14. The molecule has 30 heavy (non-hydrogen) atoms. The Balaban J connectivity index is 1.33. The van der Waals surface area contributed by atoms with Crippen LogP contribution in [0.2, 0.25) is 0 Å². The molecular formula is C24H33N3O3. The zero-order valence-corrected chi connectivity index (χ0v) is 18.1. The van der Waals surface area contributed by atoms with E-state index < -0.39 is 0 Å². The molecular weight excluding hydrogens is 378 g/mol. The molecule has 1 aromatic heterocycles. The minimum absolute atomic E-state index is 0.127. The van der Waals surface area contributed by atoms with E-state index in [1.165, 1.54) is 18.4 Å². The molecule has 0 spiro atoms. The van der Waals surface area contributed by atoms with E-state index in [4.69, 9.17) is 9.26 Å². The largest absolute Gasteiger partial charge is 0.497 e. The maximum absolute atomic E-state index is 12.6. The van der Waals surface area contributed by atoms with Gasteiger partial charge >= 0.3 is 0 Å². The fourth-order valence-electron chi connectivity index (χ4n) is 4.72. The van der Waals surface area contributed by atoms with E-state index in [0.29, 0.717) is 11.7 Å². The fraction of sp³-hybridized carbons (Fsp3) is 0.583. The third kappa shape index (κ3) is 5.22. The van der Waals surface area contributed by atoms with E-state index in [2.05, 4.69) is 34.4 Å². The molecule has 1 N–H and O–H groups in total. The summed E-state index contributed by atoms with van der Waals surface area (Å²) < 4.78 is 10.8. The van der Waals surface area contributed by atoms with Gasteiger partial charge in [0.25, 0.3) is 5.91 Å². The molecule has 6 nitrogen and oxygen atoms in total. The van der Waals surface area contributed by atoms with Gasteiger partial charge in [0.15, 0.2) is 0 Å². The van der Waals surface area contributed by atoms with Crippen molar-refractivity contribution in [1.29, 1.82) is 0 Å². The smallest absolute Gasteiger partial charge is 0.290 e. The summed E-state index contributed by atoms with van der Waals surface area (Å²) >= 11 is 0. The van der Waals surface area contributed by atoms with E-state index in [0.717, 1.165) is 62.7 Å². The molecule has 2 fully saturated rings. The highest BCUT2D eigenvalue weighted by atomic mass is 16.5. The number of carbonyl (C=O) groups is 1. The lowest BCUT2D eigenvalue weighted by atomic mass is 9.87. The van der Waals surface area contributed by atoms with Crippen LogP contribution >= 0.6 is 0 Å². The van der Waals surface area contributed by atoms with Gasteiger partial charge < -0.3 is 14.6 Å². The molecule has 1 amide bonds. The van der Waals surface area contributed by atoms with Crippen molar-refractivity contribution in [2.24, 2.45) is 5.92 Å². The Kier molecular flexibility index (Phi) is 6.72. The van der Waals surface area contributed by atoms with Crippen LogP contribution in [0.15, 0.2) is 34.9 Å². The van der Waals surface area contributed by atoms with Crippen molar-refractivity contribution in [2.75, 3.05) is 20.2 Å². The van der Waals surface area contributed by atoms with Crippen LogP contribution in [0.4, 0.5) is 0 Å². The maximum atomic E-state index is 12.6. The predicted octanol–water partition coefficient (Wildman–Crippen LogP) is 4.37. The molecule has 1 saturated carbocycles. The Morgan fingerprint density at radius 2 is 2.07 bits per heavy atom. The third-order valence-electron chi connectivity index (χ3n) is 6.57. The van der Waals surface area contributed by atoms with Gasteiger partial charge in [0.05, 0.1) is 12.8 Å². The molecule has 1 aliphatic carbocycles. The molecule has 1 atom stereocenters. The molecule has 1 unspecified atom stereocenters. The summed E-state index contributed by atoms with van der Waals surface area (Å²) in [5.74, 6) is 2.16. The summed E-state index contributed by atoms with van der Waals surface area (Å²) in [7, 11) is 1.70. The Labute approximate surface area is 179 Å². The Hall–Kier alpha value is -2.34. The van der Waals surface area contributed by atoms with Gasteiger partial charge in [-0.2, -0.15) is 0 Å². The zero-order chi connectivity index (χ0) is 20.9. The highest BCUT2D eigenvalue weighted by molar-refractivity contribution is 5.91. The van der Waals surface area contributed by atoms with Crippen molar-refractivity contribution in [1.82, 2.24) is 15.4 Å². The van der Waals surface area contributed by atoms with Crippen molar-refractivity contribution >= 4 is 5.91 Å². The number of methoxy groups -OCH3 is 1. The second-order valence-electron chi connectivity index (χ2n) is 8.97. The van der Waals surface area contributed by atoms with E-state index in [1.54, 1.807) is 7.11 Å². The number of amides is 1. The Bertz CT molecular complexity index is 842. The zero-order valence-electron chi connectivity index (χ0n) is 18.1. The van der Waals surface area contributed by atoms with Crippen molar-refractivity contribution in [3.8, 4) is 5.75 Å². The standard InChI is InChI=1S/C24H33N3O3/c1-17-8-10-20(11-9-17)25-24(28)23-14-22(26-30-23)19-6-4-12-27(16-19)15-18-5-3-7-21(13-18)29-2/h3,5,7,13-14,17,19-20H,4,6,8-12,15-16H2,1-2H3,(H,25,28). The summed E-state index contributed by atoms with van der Waals surface area (Å²) in [5, 5.41) is 7.38. The van der Waals surface area contributed by atoms with Crippen LogP contribution in [0.1, 0.15) is 73.2 Å². The molecule has 2 heterocycles. The van der Waals surface area contributed by atoms with Crippen LogP contribution in [0.5, 0.6) is 5.75 Å².